The van der Waals surface area contributed by atoms with Crippen molar-refractivity contribution < 1.29 is 28.2 Å². The number of halogens is 1. The number of anilines is 2. The zero-order valence-corrected chi connectivity index (χ0v) is 24.7. The topological polar surface area (TPSA) is 118 Å². The molecule has 1 aromatic heterocycles. The van der Waals surface area contributed by atoms with Crippen molar-refractivity contribution in [2.24, 2.45) is 5.92 Å². The van der Waals surface area contributed by atoms with Crippen LogP contribution in [-0.2, 0) is 14.4 Å². The lowest BCUT2D eigenvalue weighted by Gasteiger charge is -2.30. The number of aromatic amines is 1. The van der Waals surface area contributed by atoms with Gasteiger partial charge in [-0.15, -0.1) is 0 Å². The van der Waals surface area contributed by atoms with Crippen molar-refractivity contribution in [2.45, 2.75) is 30.0 Å². The number of aromatic nitrogens is 1. The van der Waals surface area contributed by atoms with Gasteiger partial charge in [0.2, 0.25) is 11.8 Å². The smallest absolute Gasteiger partial charge is 0.305 e. The standard InChI is InChI=1S/C31H26FN3O6S2/c1-3-40-22-14-17(8-13-21(22)41-15-23(36)33-20-7-5-4-6-16(20)2)24-25-27(42-28-26(24)43-31(39)34-28)30(38)35(29(25)37)19-11-9-18(32)10-12-19/h4-14,24-25,27H,3,15H2,1-2H3,(H,33,36)(H,34,39). The Balaban J connectivity index is 1.32. The third kappa shape index (κ3) is 5.43. The molecule has 1 fully saturated rings. The number of nitrogens with zero attached hydrogens (tertiary/aromatic N) is 1. The maximum absolute atomic E-state index is 13.9. The summed E-state index contributed by atoms with van der Waals surface area (Å²) in [6.07, 6.45) is 0. The molecular weight excluding hydrogens is 593 g/mol. The maximum atomic E-state index is 13.9. The van der Waals surface area contributed by atoms with E-state index in [2.05, 4.69) is 10.3 Å². The number of nitrogens with one attached hydrogen (secondary N) is 2. The monoisotopic (exact) mass is 619 g/mol. The van der Waals surface area contributed by atoms with Crippen LogP contribution in [0.4, 0.5) is 15.8 Å². The van der Waals surface area contributed by atoms with E-state index >= 15 is 0 Å². The van der Waals surface area contributed by atoms with Gasteiger partial charge in [-0.1, -0.05) is 47.4 Å². The Bertz CT molecular complexity index is 1790. The lowest BCUT2D eigenvalue weighted by Crippen LogP contribution is -2.32. The van der Waals surface area contributed by atoms with Gasteiger partial charge in [0, 0.05) is 16.5 Å². The first kappa shape index (κ1) is 28.7. The second-order valence-corrected chi connectivity index (χ2v) is 12.2. The number of aryl methyl sites for hydroxylation is 1. The van der Waals surface area contributed by atoms with Gasteiger partial charge in [-0.2, -0.15) is 0 Å². The number of carbonyl (C=O) groups is 3. The van der Waals surface area contributed by atoms with E-state index in [-0.39, 0.29) is 23.1 Å². The maximum Gasteiger partial charge on any atom is 0.305 e. The number of benzene rings is 3. The summed E-state index contributed by atoms with van der Waals surface area (Å²) < 4.78 is 25.3. The molecule has 3 atom stereocenters. The Labute approximate surface area is 254 Å². The Morgan fingerprint density at radius 3 is 2.51 bits per heavy atom. The van der Waals surface area contributed by atoms with Crippen molar-refractivity contribution in [2.75, 3.05) is 23.4 Å². The van der Waals surface area contributed by atoms with Gasteiger partial charge in [-0.3, -0.25) is 19.2 Å². The number of H-pyrrole nitrogens is 1. The van der Waals surface area contributed by atoms with Gasteiger partial charge in [-0.25, -0.2) is 9.29 Å². The number of ether oxygens (including phenoxy) is 2. The first-order chi connectivity index (χ1) is 20.7. The summed E-state index contributed by atoms with van der Waals surface area (Å²) in [6, 6.07) is 17.7. The van der Waals surface area contributed by atoms with Crippen LogP contribution in [0.25, 0.3) is 0 Å². The van der Waals surface area contributed by atoms with E-state index in [0.717, 1.165) is 33.6 Å². The van der Waals surface area contributed by atoms with Crippen LogP contribution >= 0.6 is 23.1 Å². The molecule has 2 aliphatic heterocycles. The summed E-state index contributed by atoms with van der Waals surface area (Å²) in [4.78, 5) is 56.7. The lowest BCUT2D eigenvalue weighted by atomic mass is 9.83. The molecule has 0 bridgehead atoms. The Morgan fingerprint density at radius 1 is 1.00 bits per heavy atom. The molecule has 6 rings (SSSR count). The summed E-state index contributed by atoms with van der Waals surface area (Å²) >= 11 is 2.15. The zero-order valence-electron chi connectivity index (χ0n) is 23.1. The Kier molecular flexibility index (Phi) is 7.80. The van der Waals surface area contributed by atoms with Crippen LogP contribution in [0.2, 0.25) is 0 Å². The van der Waals surface area contributed by atoms with E-state index in [0.29, 0.717) is 39.3 Å². The minimum atomic E-state index is -0.817. The van der Waals surface area contributed by atoms with E-state index in [1.807, 2.05) is 32.0 Å². The Morgan fingerprint density at radius 2 is 1.77 bits per heavy atom. The number of hydrogen-bond acceptors (Lipinski definition) is 8. The van der Waals surface area contributed by atoms with Crippen molar-refractivity contribution in [3.05, 3.63) is 98.2 Å². The largest absolute Gasteiger partial charge is 0.490 e. The highest BCUT2D eigenvalue weighted by atomic mass is 32.2. The van der Waals surface area contributed by atoms with Crippen LogP contribution in [0, 0.1) is 18.7 Å². The number of fused-ring (bicyclic) bond motifs is 2. The number of rotatable bonds is 8. The number of hydrogen-bond donors (Lipinski definition) is 2. The molecule has 0 saturated carbocycles. The fourth-order valence-electron chi connectivity index (χ4n) is 5.37. The predicted octanol–water partition coefficient (Wildman–Crippen LogP) is 5.10. The second kappa shape index (κ2) is 11.7. The number of thiazole rings is 1. The van der Waals surface area contributed by atoms with Crippen LogP contribution in [0.15, 0.2) is 76.6 Å². The van der Waals surface area contributed by atoms with Crippen molar-refractivity contribution in [1.82, 2.24) is 4.98 Å². The minimum Gasteiger partial charge on any atom is -0.490 e. The van der Waals surface area contributed by atoms with Gasteiger partial charge >= 0.3 is 4.87 Å². The molecule has 2 N–H and O–H groups in total. The molecular formula is C31H26FN3O6S2. The van der Waals surface area contributed by atoms with Gasteiger partial charge in [0.25, 0.3) is 5.91 Å². The normalized spacial score (nSPS) is 19.1. The van der Waals surface area contributed by atoms with Crippen molar-refractivity contribution in [3.8, 4) is 11.5 Å². The van der Waals surface area contributed by atoms with Gasteiger partial charge in [-0.05, 0) is 67.4 Å². The van der Waals surface area contributed by atoms with Crippen molar-refractivity contribution >= 4 is 52.2 Å². The molecule has 3 aromatic carbocycles. The predicted molar refractivity (Wildman–Crippen MR) is 162 cm³/mol. The molecule has 1 saturated heterocycles. The number of amides is 3. The molecule has 2 aliphatic rings. The number of thioether (sulfide) groups is 1. The lowest BCUT2D eigenvalue weighted by molar-refractivity contribution is -0.122. The summed E-state index contributed by atoms with van der Waals surface area (Å²) in [5, 5.41) is 2.57. The SMILES string of the molecule is CCOc1cc(C2c3sc(=O)[nH]c3SC3C(=O)N(c4ccc(F)cc4)C(=O)C32)ccc1OCC(=O)Nc1ccccc1C. The number of para-hydroxylation sites is 1. The Hall–Kier alpha value is -4.42. The van der Waals surface area contributed by atoms with E-state index in [1.54, 1.807) is 24.3 Å². The van der Waals surface area contributed by atoms with Crippen LogP contribution in [0.5, 0.6) is 11.5 Å². The highest BCUT2D eigenvalue weighted by Gasteiger charge is 2.56. The van der Waals surface area contributed by atoms with Crippen LogP contribution < -0.4 is 24.6 Å². The fraction of sp³-hybridized carbons (Fsp3) is 0.226. The third-order valence-corrected chi connectivity index (χ3v) is 9.71. The van der Waals surface area contributed by atoms with Crippen LogP contribution in [0.1, 0.15) is 28.8 Å². The molecule has 3 heterocycles. The molecule has 12 heteroatoms. The van der Waals surface area contributed by atoms with Gasteiger partial charge in [0.05, 0.1) is 23.2 Å². The molecule has 9 nitrogen and oxygen atoms in total. The van der Waals surface area contributed by atoms with E-state index in [1.165, 1.54) is 24.3 Å². The van der Waals surface area contributed by atoms with E-state index in [4.69, 9.17) is 9.47 Å². The van der Waals surface area contributed by atoms with Crippen molar-refractivity contribution in [3.63, 3.8) is 0 Å². The molecule has 220 valence electrons. The van der Waals surface area contributed by atoms with Crippen molar-refractivity contribution in [1.29, 1.82) is 0 Å². The average Bonchev–Trinajstić information content (AvgIpc) is 3.48. The highest BCUT2D eigenvalue weighted by Crippen LogP contribution is 2.53. The third-order valence-electron chi connectivity index (χ3n) is 7.31. The first-order valence-corrected chi connectivity index (χ1v) is 15.2. The molecule has 0 radical (unpaired) electrons. The molecule has 4 aromatic rings. The first-order valence-electron chi connectivity index (χ1n) is 13.5. The summed E-state index contributed by atoms with van der Waals surface area (Å²) in [5.74, 6) is -2.45. The summed E-state index contributed by atoms with van der Waals surface area (Å²) in [6.45, 7) is 3.75. The fourth-order valence-corrected chi connectivity index (χ4v) is 7.88. The van der Waals surface area contributed by atoms with Crippen LogP contribution in [-0.4, -0.2) is 41.2 Å². The average molecular weight is 620 g/mol. The second-order valence-electron chi connectivity index (χ2n) is 10.0. The quantitative estimate of drug-likeness (QED) is 0.264. The molecule has 3 unspecified atom stereocenters. The molecule has 43 heavy (non-hydrogen) atoms. The van der Waals surface area contributed by atoms with Gasteiger partial charge < -0.3 is 19.8 Å². The summed E-state index contributed by atoms with van der Waals surface area (Å²) in [5.41, 5.74) is 2.54. The van der Waals surface area contributed by atoms with E-state index in [9.17, 15) is 23.6 Å². The zero-order chi connectivity index (χ0) is 30.2. The number of carbonyl (C=O) groups excluding carboxylic acids is 3. The molecule has 3 amide bonds. The number of imide groups is 1. The molecule has 0 spiro atoms. The van der Waals surface area contributed by atoms with Crippen LogP contribution in [0.3, 0.4) is 0 Å². The highest BCUT2D eigenvalue weighted by molar-refractivity contribution is 8.00. The minimum absolute atomic E-state index is 0.262. The summed E-state index contributed by atoms with van der Waals surface area (Å²) in [7, 11) is 0. The van der Waals surface area contributed by atoms with Gasteiger partial charge in [0.1, 0.15) is 11.1 Å². The van der Waals surface area contributed by atoms with E-state index < -0.39 is 34.7 Å². The van der Waals surface area contributed by atoms with Gasteiger partial charge in [0.15, 0.2) is 18.1 Å². The molecule has 0 aliphatic carbocycles.